The van der Waals surface area contributed by atoms with Gasteiger partial charge in [-0.2, -0.15) is 0 Å². The van der Waals surface area contributed by atoms with E-state index in [9.17, 15) is 10.1 Å². The molecule has 1 heterocycles. The van der Waals surface area contributed by atoms with E-state index in [2.05, 4.69) is 34.4 Å². The predicted octanol–water partition coefficient (Wildman–Crippen LogP) is 4.07. The molecule has 23 heavy (non-hydrogen) atoms. The van der Waals surface area contributed by atoms with Crippen molar-refractivity contribution in [1.82, 2.24) is 9.97 Å². The van der Waals surface area contributed by atoms with Gasteiger partial charge >= 0.3 is 5.69 Å². The molecule has 0 aliphatic heterocycles. The van der Waals surface area contributed by atoms with Crippen molar-refractivity contribution in [3.63, 3.8) is 0 Å². The topological polar surface area (TPSA) is 93.0 Å². The van der Waals surface area contributed by atoms with E-state index in [0.29, 0.717) is 5.92 Å². The second kappa shape index (κ2) is 7.04. The number of nitrogens with one attached hydrogen (secondary N) is 2. The summed E-state index contributed by atoms with van der Waals surface area (Å²) in [4.78, 5) is 18.9. The standard InChI is InChI=1S/C16H21N5O2/c1-10(2)12-5-7-13(8-6-12)20-16-14(21(22)23)15(17-9-18-16)19-11(3)4/h5-11H,1-4H3,(H2,17,18,19,20). The largest absolute Gasteiger partial charge is 0.362 e. The van der Waals surface area contributed by atoms with Crippen LogP contribution in [0.25, 0.3) is 0 Å². The van der Waals surface area contributed by atoms with Gasteiger partial charge in [-0.05, 0) is 37.5 Å². The Balaban J connectivity index is 2.33. The molecule has 0 aliphatic rings. The Kier molecular flexibility index (Phi) is 5.10. The van der Waals surface area contributed by atoms with E-state index in [-0.39, 0.29) is 23.4 Å². The highest BCUT2D eigenvalue weighted by molar-refractivity contribution is 5.73. The van der Waals surface area contributed by atoms with Gasteiger partial charge in [-0.1, -0.05) is 26.0 Å². The van der Waals surface area contributed by atoms with Gasteiger partial charge in [-0.25, -0.2) is 9.97 Å². The van der Waals surface area contributed by atoms with Crippen LogP contribution in [0.2, 0.25) is 0 Å². The van der Waals surface area contributed by atoms with Gasteiger partial charge < -0.3 is 10.6 Å². The van der Waals surface area contributed by atoms with E-state index >= 15 is 0 Å². The lowest BCUT2D eigenvalue weighted by Crippen LogP contribution is -2.14. The molecule has 0 spiro atoms. The third-order valence-corrected chi connectivity index (χ3v) is 3.27. The molecule has 1 aromatic heterocycles. The fourth-order valence-corrected chi connectivity index (χ4v) is 2.11. The van der Waals surface area contributed by atoms with Crippen molar-refractivity contribution in [2.24, 2.45) is 0 Å². The minimum atomic E-state index is -0.477. The van der Waals surface area contributed by atoms with Crippen LogP contribution < -0.4 is 10.6 Å². The molecule has 2 N–H and O–H groups in total. The van der Waals surface area contributed by atoms with Crippen molar-refractivity contribution >= 4 is 23.0 Å². The minimum Gasteiger partial charge on any atom is -0.362 e. The summed E-state index contributed by atoms with van der Waals surface area (Å²) in [7, 11) is 0. The lowest BCUT2D eigenvalue weighted by atomic mass is 10.0. The molecular formula is C16H21N5O2. The van der Waals surface area contributed by atoms with E-state index in [1.54, 1.807) is 0 Å². The molecule has 2 rings (SSSR count). The maximum atomic E-state index is 11.4. The summed E-state index contributed by atoms with van der Waals surface area (Å²) in [6.45, 7) is 8.01. The quantitative estimate of drug-likeness (QED) is 0.616. The Bertz CT molecular complexity index is 683. The zero-order valence-electron chi connectivity index (χ0n) is 13.7. The SMILES string of the molecule is CC(C)Nc1ncnc(Nc2ccc(C(C)C)cc2)c1[N+](=O)[O-]. The number of benzene rings is 1. The zero-order valence-corrected chi connectivity index (χ0v) is 13.7. The third kappa shape index (κ3) is 4.15. The Hall–Kier alpha value is -2.70. The monoisotopic (exact) mass is 315 g/mol. The first-order valence-corrected chi connectivity index (χ1v) is 7.51. The minimum absolute atomic E-state index is 0.0294. The summed E-state index contributed by atoms with van der Waals surface area (Å²) in [6.07, 6.45) is 1.31. The Labute approximate surface area is 135 Å². The number of rotatable bonds is 6. The summed E-state index contributed by atoms with van der Waals surface area (Å²) < 4.78 is 0. The Morgan fingerprint density at radius 1 is 1.04 bits per heavy atom. The van der Waals surface area contributed by atoms with Crippen molar-refractivity contribution in [2.45, 2.75) is 39.7 Å². The molecule has 0 aliphatic carbocycles. The molecule has 0 saturated carbocycles. The normalized spacial score (nSPS) is 10.9. The average molecular weight is 315 g/mol. The van der Waals surface area contributed by atoms with Crippen molar-refractivity contribution in [1.29, 1.82) is 0 Å². The lowest BCUT2D eigenvalue weighted by molar-refractivity contribution is -0.383. The lowest BCUT2D eigenvalue weighted by Gasteiger charge is -2.12. The van der Waals surface area contributed by atoms with Crippen LogP contribution in [0, 0.1) is 10.1 Å². The Morgan fingerprint density at radius 2 is 1.65 bits per heavy atom. The molecule has 0 radical (unpaired) electrons. The first kappa shape index (κ1) is 16.7. The molecular weight excluding hydrogens is 294 g/mol. The average Bonchev–Trinajstić information content (AvgIpc) is 2.47. The summed E-state index contributed by atoms with van der Waals surface area (Å²) in [6, 6.07) is 7.79. The number of hydrogen-bond donors (Lipinski definition) is 2. The maximum absolute atomic E-state index is 11.4. The van der Waals surface area contributed by atoms with Crippen molar-refractivity contribution in [3.05, 3.63) is 46.3 Å². The molecule has 1 aromatic carbocycles. The smallest absolute Gasteiger partial charge is 0.353 e. The molecule has 0 bridgehead atoms. The van der Waals surface area contributed by atoms with E-state index < -0.39 is 4.92 Å². The van der Waals surface area contributed by atoms with Crippen molar-refractivity contribution in [3.8, 4) is 0 Å². The summed E-state index contributed by atoms with van der Waals surface area (Å²) >= 11 is 0. The molecule has 7 nitrogen and oxygen atoms in total. The predicted molar refractivity (Wildman–Crippen MR) is 91.3 cm³/mol. The maximum Gasteiger partial charge on any atom is 0.353 e. The highest BCUT2D eigenvalue weighted by atomic mass is 16.6. The third-order valence-electron chi connectivity index (χ3n) is 3.27. The number of hydrogen-bond acceptors (Lipinski definition) is 6. The first-order valence-electron chi connectivity index (χ1n) is 7.51. The molecule has 0 saturated heterocycles. The van der Waals surface area contributed by atoms with Gasteiger partial charge in [-0.3, -0.25) is 10.1 Å². The van der Waals surface area contributed by atoms with E-state index in [4.69, 9.17) is 0 Å². The summed E-state index contributed by atoms with van der Waals surface area (Å²) in [5.74, 6) is 0.811. The summed E-state index contributed by atoms with van der Waals surface area (Å²) in [5, 5.41) is 17.4. The van der Waals surface area contributed by atoms with Crippen molar-refractivity contribution < 1.29 is 4.92 Å². The van der Waals surface area contributed by atoms with Gasteiger partial charge in [0, 0.05) is 11.7 Å². The second-order valence-electron chi connectivity index (χ2n) is 5.88. The second-order valence-corrected chi connectivity index (χ2v) is 5.88. The molecule has 2 aromatic rings. The number of nitrogens with zero attached hydrogens (tertiary/aromatic N) is 3. The Morgan fingerprint density at radius 3 is 2.17 bits per heavy atom. The van der Waals surface area contributed by atoms with Crippen LogP contribution in [0.15, 0.2) is 30.6 Å². The number of anilines is 3. The fourth-order valence-electron chi connectivity index (χ4n) is 2.11. The first-order chi connectivity index (χ1) is 10.9. The fraction of sp³-hybridized carbons (Fsp3) is 0.375. The molecule has 0 atom stereocenters. The van der Waals surface area contributed by atoms with Crippen LogP contribution in [0.3, 0.4) is 0 Å². The molecule has 122 valence electrons. The molecule has 7 heteroatoms. The van der Waals surface area contributed by atoms with Gasteiger partial charge in [0.15, 0.2) is 0 Å². The van der Waals surface area contributed by atoms with Gasteiger partial charge in [0.25, 0.3) is 0 Å². The number of nitro groups is 1. The van der Waals surface area contributed by atoms with Crippen LogP contribution in [0.5, 0.6) is 0 Å². The highest BCUT2D eigenvalue weighted by Gasteiger charge is 2.23. The molecule has 0 amide bonds. The van der Waals surface area contributed by atoms with Crippen LogP contribution in [-0.2, 0) is 0 Å². The van der Waals surface area contributed by atoms with Crippen LogP contribution in [-0.4, -0.2) is 20.9 Å². The van der Waals surface area contributed by atoms with Gasteiger partial charge in [0.05, 0.1) is 4.92 Å². The van der Waals surface area contributed by atoms with Gasteiger partial charge in [-0.15, -0.1) is 0 Å². The zero-order chi connectivity index (χ0) is 17.0. The number of aromatic nitrogens is 2. The van der Waals surface area contributed by atoms with Crippen LogP contribution >= 0.6 is 0 Å². The van der Waals surface area contributed by atoms with Crippen LogP contribution in [0.1, 0.15) is 39.2 Å². The van der Waals surface area contributed by atoms with E-state index in [1.165, 1.54) is 11.9 Å². The highest BCUT2D eigenvalue weighted by Crippen LogP contribution is 2.31. The molecule has 0 fully saturated rings. The van der Waals surface area contributed by atoms with Crippen LogP contribution in [0.4, 0.5) is 23.0 Å². The van der Waals surface area contributed by atoms with E-state index in [1.807, 2.05) is 38.1 Å². The van der Waals surface area contributed by atoms with Gasteiger partial charge in [0.2, 0.25) is 11.6 Å². The molecule has 0 unspecified atom stereocenters. The van der Waals surface area contributed by atoms with Gasteiger partial charge in [0.1, 0.15) is 6.33 Å². The summed E-state index contributed by atoms with van der Waals surface area (Å²) in [5.41, 5.74) is 1.79. The van der Waals surface area contributed by atoms with Crippen molar-refractivity contribution in [2.75, 3.05) is 10.6 Å². The van der Waals surface area contributed by atoms with E-state index in [0.717, 1.165) is 5.69 Å².